The predicted octanol–water partition coefficient (Wildman–Crippen LogP) is 0.433. The highest BCUT2D eigenvalue weighted by atomic mass is 16.4. The number of pyridine rings is 1. The Balaban J connectivity index is 1.98. The van der Waals surface area contributed by atoms with E-state index in [2.05, 4.69) is 20.5 Å². The van der Waals surface area contributed by atoms with Crippen LogP contribution in [0.4, 0.5) is 0 Å². The molecule has 2 aromatic rings. The number of hydrogen-bond acceptors (Lipinski definition) is 4. The van der Waals surface area contributed by atoms with Crippen LogP contribution in [0.15, 0.2) is 30.7 Å². The highest BCUT2D eigenvalue weighted by Gasteiger charge is 2.09. The molecule has 0 aliphatic heterocycles. The molecule has 2 heterocycles. The largest absolute Gasteiger partial charge is 0.478 e. The maximum Gasteiger partial charge on any atom is 0.337 e. The van der Waals surface area contributed by atoms with Gasteiger partial charge in [0.2, 0.25) is 0 Å². The molecule has 0 aliphatic rings. The third-order valence-corrected chi connectivity index (χ3v) is 2.25. The smallest absolute Gasteiger partial charge is 0.337 e. The van der Waals surface area contributed by atoms with Crippen molar-refractivity contribution < 1.29 is 14.7 Å². The fraction of sp³-hybridized carbons (Fsp3) is 0.0909. The molecule has 7 nitrogen and oxygen atoms in total. The Kier molecular flexibility index (Phi) is 3.33. The van der Waals surface area contributed by atoms with Gasteiger partial charge in [0.05, 0.1) is 11.8 Å². The monoisotopic (exact) mass is 246 g/mol. The Morgan fingerprint density at radius 2 is 2.17 bits per heavy atom. The number of aromatic amines is 1. The quantitative estimate of drug-likeness (QED) is 0.725. The van der Waals surface area contributed by atoms with Crippen LogP contribution in [-0.4, -0.2) is 32.2 Å². The van der Waals surface area contributed by atoms with Crippen molar-refractivity contribution in [1.82, 2.24) is 20.5 Å². The number of aromatic carboxylic acids is 1. The lowest BCUT2D eigenvalue weighted by atomic mass is 10.2. The van der Waals surface area contributed by atoms with Gasteiger partial charge in [0.1, 0.15) is 5.69 Å². The molecule has 0 aromatic carbocycles. The Hall–Kier alpha value is -2.70. The molecule has 7 heteroatoms. The minimum Gasteiger partial charge on any atom is -0.478 e. The molecule has 18 heavy (non-hydrogen) atoms. The van der Waals surface area contributed by atoms with Crippen molar-refractivity contribution in [3.63, 3.8) is 0 Å². The lowest BCUT2D eigenvalue weighted by Gasteiger charge is -2.02. The molecule has 0 fully saturated rings. The average Bonchev–Trinajstić information content (AvgIpc) is 2.89. The fourth-order valence-corrected chi connectivity index (χ4v) is 1.30. The van der Waals surface area contributed by atoms with Gasteiger partial charge in [0.15, 0.2) is 0 Å². The maximum atomic E-state index is 11.7. The van der Waals surface area contributed by atoms with Crippen LogP contribution in [0.2, 0.25) is 0 Å². The van der Waals surface area contributed by atoms with E-state index < -0.39 is 5.97 Å². The molecule has 0 unspecified atom stereocenters. The molecule has 0 atom stereocenters. The third-order valence-electron chi connectivity index (χ3n) is 2.25. The predicted molar refractivity (Wildman–Crippen MR) is 61.0 cm³/mol. The fourth-order valence-electron chi connectivity index (χ4n) is 1.30. The Morgan fingerprint density at radius 1 is 1.33 bits per heavy atom. The van der Waals surface area contributed by atoms with E-state index in [1.807, 2.05) is 0 Å². The molecule has 1 amide bonds. The van der Waals surface area contributed by atoms with Crippen molar-refractivity contribution in [2.45, 2.75) is 6.54 Å². The van der Waals surface area contributed by atoms with Crippen molar-refractivity contribution in [3.8, 4) is 0 Å². The van der Waals surface area contributed by atoms with Crippen molar-refractivity contribution in [3.05, 3.63) is 47.5 Å². The average molecular weight is 246 g/mol. The number of H-pyrrole nitrogens is 1. The number of carbonyl (C=O) groups is 2. The van der Waals surface area contributed by atoms with Gasteiger partial charge in [-0.15, -0.1) is 0 Å². The summed E-state index contributed by atoms with van der Waals surface area (Å²) in [5.74, 6) is -1.44. The summed E-state index contributed by atoms with van der Waals surface area (Å²) in [6.07, 6.45) is 4.41. The van der Waals surface area contributed by atoms with E-state index in [0.717, 1.165) is 11.8 Å². The number of carboxylic acids is 1. The van der Waals surface area contributed by atoms with Gasteiger partial charge in [-0.2, -0.15) is 5.10 Å². The summed E-state index contributed by atoms with van der Waals surface area (Å²) in [6, 6.07) is 2.70. The molecule has 0 bridgehead atoms. The topological polar surface area (TPSA) is 108 Å². The summed E-state index contributed by atoms with van der Waals surface area (Å²) in [7, 11) is 0. The summed E-state index contributed by atoms with van der Waals surface area (Å²) in [5.41, 5.74) is 1.05. The first-order valence-corrected chi connectivity index (χ1v) is 5.12. The van der Waals surface area contributed by atoms with Crippen molar-refractivity contribution >= 4 is 11.9 Å². The van der Waals surface area contributed by atoms with Crippen LogP contribution in [0.3, 0.4) is 0 Å². The molecular weight excluding hydrogens is 236 g/mol. The van der Waals surface area contributed by atoms with Crippen LogP contribution in [0.25, 0.3) is 0 Å². The summed E-state index contributed by atoms with van der Waals surface area (Å²) in [5, 5.41) is 17.7. The second-order valence-electron chi connectivity index (χ2n) is 3.53. The summed E-state index contributed by atoms with van der Waals surface area (Å²) in [4.78, 5) is 26.1. The zero-order chi connectivity index (χ0) is 13.0. The van der Waals surface area contributed by atoms with Gasteiger partial charge in [0.25, 0.3) is 5.91 Å². The second-order valence-corrected chi connectivity index (χ2v) is 3.53. The van der Waals surface area contributed by atoms with E-state index in [4.69, 9.17) is 5.11 Å². The number of amides is 1. The van der Waals surface area contributed by atoms with Crippen LogP contribution in [0.5, 0.6) is 0 Å². The number of carboxylic acid groups (broad SMARTS) is 1. The van der Waals surface area contributed by atoms with Crippen LogP contribution < -0.4 is 5.32 Å². The Labute approximate surface area is 102 Å². The molecule has 0 saturated heterocycles. The molecule has 0 saturated carbocycles. The van der Waals surface area contributed by atoms with Crippen LogP contribution >= 0.6 is 0 Å². The number of nitrogens with zero attached hydrogens (tertiary/aromatic N) is 2. The minimum absolute atomic E-state index is 0.0429. The minimum atomic E-state index is -1.08. The number of nitrogens with one attached hydrogen (secondary N) is 2. The summed E-state index contributed by atoms with van der Waals surface area (Å²) in [6.45, 7) is 0.331. The van der Waals surface area contributed by atoms with Crippen LogP contribution in [0, 0.1) is 0 Å². The highest BCUT2D eigenvalue weighted by Crippen LogP contribution is 2.01. The van der Waals surface area contributed by atoms with Gasteiger partial charge in [-0.05, 0) is 12.1 Å². The van der Waals surface area contributed by atoms with Gasteiger partial charge < -0.3 is 10.4 Å². The molecule has 2 aromatic heterocycles. The van der Waals surface area contributed by atoms with E-state index in [1.165, 1.54) is 12.1 Å². The SMILES string of the molecule is O=C(O)c1ccc(C(=O)NCc2cn[nH]c2)nc1. The number of aromatic nitrogens is 3. The summed E-state index contributed by atoms with van der Waals surface area (Å²) < 4.78 is 0. The van der Waals surface area contributed by atoms with Gasteiger partial charge in [-0.1, -0.05) is 0 Å². The van der Waals surface area contributed by atoms with Gasteiger partial charge in [-0.3, -0.25) is 14.9 Å². The molecule has 2 rings (SSSR count). The van der Waals surface area contributed by atoms with Crippen molar-refractivity contribution in [1.29, 1.82) is 0 Å². The molecule has 3 N–H and O–H groups in total. The van der Waals surface area contributed by atoms with Gasteiger partial charge in [-0.25, -0.2) is 4.79 Å². The first kappa shape index (κ1) is 11.8. The highest BCUT2D eigenvalue weighted by molar-refractivity contribution is 5.93. The number of rotatable bonds is 4. The Morgan fingerprint density at radius 3 is 2.72 bits per heavy atom. The lowest BCUT2D eigenvalue weighted by Crippen LogP contribution is -2.23. The summed E-state index contributed by atoms with van der Waals surface area (Å²) >= 11 is 0. The standard InChI is InChI=1S/C11H10N4O3/c16-10(13-3-7-4-14-15-5-7)9-2-1-8(6-12-9)11(17)18/h1-2,4-6H,3H2,(H,13,16)(H,14,15)(H,17,18). The van der Waals surface area contributed by atoms with Gasteiger partial charge >= 0.3 is 5.97 Å². The first-order valence-electron chi connectivity index (χ1n) is 5.12. The Bertz CT molecular complexity index is 548. The first-order chi connectivity index (χ1) is 8.66. The molecule has 92 valence electrons. The third kappa shape index (κ3) is 2.70. The normalized spacial score (nSPS) is 10.0. The zero-order valence-electron chi connectivity index (χ0n) is 9.25. The molecule has 0 aliphatic carbocycles. The molecular formula is C11H10N4O3. The van der Waals surface area contributed by atoms with E-state index in [1.54, 1.807) is 12.4 Å². The van der Waals surface area contributed by atoms with Crippen molar-refractivity contribution in [2.75, 3.05) is 0 Å². The maximum absolute atomic E-state index is 11.7. The van der Waals surface area contributed by atoms with Crippen LogP contribution in [0.1, 0.15) is 26.4 Å². The number of carbonyl (C=O) groups excluding carboxylic acids is 1. The lowest BCUT2D eigenvalue weighted by molar-refractivity contribution is 0.0695. The van der Waals surface area contributed by atoms with E-state index >= 15 is 0 Å². The zero-order valence-corrected chi connectivity index (χ0v) is 9.25. The van der Waals surface area contributed by atoms with E-state index in [0.29, 0.717) is 6.54 Å². The van der Waals surface area contributed by atoms with Crippen LogP contribution in [-0.2, 0) is 6.54 Å². The molecule has 0 spiro atoms. The second kappa shape index (κ2) is 5.09. The van der Waals surface area contributed by atoms with E-state index in [9.17, 15) is 9.59 Å². The van der Waals surface area contributed by atoms with E-state index in [-0.39, 0.29) is 17.2 Å². The van der Waals surface area contributed by atoms with Gasteiger partial charge in [0, 0.05) is 24.5 Å². The number of hydrogen-bond donors (Lipinski definition) is 3. The van der Waals surface area contributed by atoms with Crippen molar-refractivity contribution in [2.24, 2.45) is 0 Å². The molecule has 0 radical (unpaired) electrons.